The highest BCUT2D eigenvalue weighted by atomic mass is 19.4. The standard InChI is InChI=1S/C19H21F3O/c1-4-14(3)16-7-5-15(6-8-16)12-23-18-10-13(2)9-17(11-18)19(20,21)22/h5-11,14H,4,12H2,1-3H3. The van der Waals surface area contributed by atoms with Crippen molar-refractivity contribution in [1.29, 1.82) is 0 Å². The van der Waals surface area contributed by atoms with E-state index in [4.69, 9.17) is 4.74 Å². The normalized spacial score (nSPS) is 13.0. The lowest BCUT2D eigenvalue weighted by molar-refractivity contribution is -0.137. The number of aryl methyl sites for hydroxylation is 1. The van der Waals surface area contributed by atoms with Crippen molar-refractivity contribution in [3.8, 4) is 5.75 Å². The average molecular weight is 322 g/mol. The Hall–Kier alpha value is -1.97. The number of halogens is 3. The minimum absolute atomic E-state index is 0.239. The molecule has 0 spiro atoms. The Kier molecular flexibility index (Phi) is 5.34. The lowest BCUT2D eigenvalue weighted by atomic mass is 9.98. The van der Waals surface area contributed by atoms with Crippen LogP contribution < -0.4 is 4.74 Å². The third kappa shape index (κ3) is 4.75. The molecule has 0 fully saturated rings. The van der Waals surface area contributed by atoms with Crippen LogP contribution in [0.3, 0.4) is 0 Å². The maximum Gasteiger partial charge on any atom is 0.416 e. The van der Waals surface area contributed by atoms with Gasteiger partial charge >= 0.3 is 6.18 Å². The van der Waals surface area contributed by atoms with Crippen molar-refractivity contribution in [2.75, 3.05) is 0 Å². The fraction of sp³-hybridized carbons (Fsp3) is 0.368. The predicted octanol–water partition coefficient (Wildman–Crippen LogP) is 6.11. The number of hydrogen-bond acceptors (Lipinski definition) is 1. The first kappa shape index (κ1) is 17.4. The zero-order valence-electron chi connectivity index (χ0n) is 13.6. The zero-order chi connectivity index (χ0) is 17.0. The third-order valence-electron chi connectivity index (χ3n) is 3.94. The van der Waals surface area contributed by atoms with Crippen molar-refractivity contribution in [3.05, 3.63) is 64.7 Å². The molecule has 0 amide bonds. The van der Waals surface area contributed by atoms with E-state index in [0.29, 0.717) is 11.5 Å². The molecular weight excluding hydrogens is 301 g/mol. The van der Waals surface area contributed by atoms with Crippen LogP contribution in [0.2, 0.25) is 0 Å². The van der Waals surface area contributed by atoms with E-state index in [0.717, 1.165) is 24.1 Å². The molecule has 0 N–H and O–H groups in total. The van der Waals surface area contributed by atoms with Crippen molar-refractivity contribution in [2.24, 2.45) is 0 Å². The van der Waals surface area contributed by atoms with Gasteiger partial charge in [0.25, 0.3) is 0 Å². The monoisotopic (exact) mass is 322 g/mol. The third-order valence-corrected chi connectivity index (χ3v) is 3.94. The van der Waals surface area contributed by atoms with Gasteiger partial charge in [-0.05, 0) is 54.2 Å². The van der Waals surface area contributed by atoms with Gasteiger partial charge in [0.15, 0.2) is 0 Å². The summed E-state index contributed by atoms with van der Waals surface area (Å²) >= 11 is 0. The lowest BCUT2D eigenvalue weighted by Gasteiger charge is -2.13. The van der Waals surface area contributed by atoms with Crippen LogP contribution in [0.25, 0.3) is 0 Å². The topological polar surface area (TPSA) is 9.23 Å². The first-order chi connectivity index (χ1) is 10.8. The van der Waals surface area contributed by atoms with Gasteiger partial charge in [-0.2, -0.15) is 13.2 Å². The van der Waals surface area contributed by atoms with Gasteiger partial charge in [-0.25, -0.2) is 0 Å². The molecule has 1 atom stereocenters. The molecule has 2 rings (SSSR count). The van der Waals surface area contributed by atoms with Crippen LogP contribution in [0.4, 0.5) is 13.2 Å². The molecule has 0 bridgehead atoms. The molecule has 0 aliphatic heterocycles. The van der Waals surface area contributed by atoms with Crippen LogP contribution in [-0.4, -0.2) is 0 Å². The fourth-order valence-electron chi connectivity index (χ4n) is 2.34. The first-order valence-electron chi connectivity index (χ1n) is 7.70. The molecule has 1 nitrogen and oxygen atoms in total. The van der Waals surface area contributed by atoms with Crippen LogP contribution in [-0.2, 0) is 12.8 Å². The number of hydrogen-bond donors (Lipinski definition) is 0. The molecule has 0 radical (unpaired) electrons. The van der Waals surface area contributed by atoms with Gasteiger partial charge in [-0.1, -0.05) is 38.1 Å². The van der Waals surface area contributed by atoms with Gasteiger partial charge in [0.05, 0.1) is 5.56 Å². The molecule has 23 heavy (non-hydrogen) atoms. The SMILES string of the molecule is CCC(C)c1ccc(COc2cc(C)cc(C(F)(F)F)c2)cc1. The van der Waals surface area contributed by atoms with Crippen molar-refractivity contribution in [2.45, 2.75) is 45.9 Å². The van der Waals surface area contributed by atoms with Crippen LogP contribution in [0.5, 0.6) is 5.75 Å². The Morgan fingerprint density at radius 2 is 1.70 bits per heavy atom. The molecule has 2 aromatic carbocycles. The van der Waals surface area contributed by atoms with E-state index in [2.05, 4.69) is 13.8 Å². The number of benzene rings is 2. The van der Waals surface area contributed by atoms with E-state index in [1.54, 1.807) is 13.0 Å². The van der Waals surface area contributed by atoms with E-state index < -0.39 is 11.7 Å². The minimum Gasteiger partial charge on any atom is -0.489 e. The van der Waals surface area contributed by atoms with Crippen LogP contribution in [0, 0.1) is 6.92 Å². The molecule has 2 aromatic rings. The smallest absolute Gasteiger partial charge is 0.416 e. The largest absolute Gasteiger partial charge is 0.489 e. The van der Waals surface area contributed by atoms with E-state index in [1.165, 1.54) is 5.56 Å². The van der Waals surface area contributed by atoms with Crippen LogP contribution in [0.1, 0.15) is 48.4 Å². The van der Waals surface area contributed by atoms with E-state index in [9.17, 15) is 13.2 Å². The Morgan fingerprint density at radius 3 is 2.26 bits per heavy atom. The highest BCUT2D eigenvalue weighted by Gasteiger charge is 2.31. The Morgan fingerprint density at radius 1 is 1.04 bits per heavy atom. The Balaban J connectivity index is 2.07. The predicted molar refractivity (Wildman–Crippen MR) is 85.7 cm³/mol. The highest BCUT2D eigenvalue weighted by Crippen LogP contribution is 2.32. The molecule has 124 valence electrons. The molecule has 0 saturated heterocycles. The summed E-state index contributed by atoms with van der Waals surface area (Å²) in [6, 6.07) is 11.8. The summed E-state index contributed by atoms with van der Waals surface area (Å²) in [5, 5.41) is 0. The number of alkyl halides is 3. The van der Waals surface area contributed by atoms with Gasteiger partial charge in [-0.3, -0.25) is 0 Å². The lowest BCUT2D eigenvalue weighted by Crippen LogP contribution is -2.06. The van der Waals surface area contributed by atoms with E-state index in [-0.39, 0.29) is 12.4 Å². The van der Waals surface area contributed by atoms with Crippen molar-refractivity contribution in [3.63, 3.8) is 0 Å². The Labute approximate surface area is 135 Å². The molecule has 0 aromatic heterocycles. The minimum atomic E-state index is -4.36. The van der Waals surface area contributed by atoms with Gasteiger partial charge in [0.2, 0.25) is 0 Å². The maximum absolute atomic E-state index is 12.8. The summed E-state index contributed by atoms with van der Waals surface area (Å²) in [6.45, 7) is 6.18. The second kappa shape index (κ2) is 7.07. The van der Waals surface area contributed by atoms with Gasteiger partial charge in [0, 0.05) is 0 Å². The van der Waals surface area contributed by atoms with Crippen molar-refractivity contribution < 1.29 is 17.9 Å². The summed E-state index contributed by atoms with van der Waals surface area (Å²) in [6.07, 6.45) is -3.29. The molecule has 0 aliphatic carbocycles. The average Bonchev–Trinajstić information content (AvgIpc) is 2.51. The van der Waals surface area contributed by atoms with Crippen molar-refractivity contribution in [1.82, 2.24) is 0 Å². The molecule has 4 heteroatoms. The summed E-state index contributed by atoms with van der Waals surface area (Å²) < 4.78 is 44.0. The van der Waals surface area contributed by atoms with E-state index in [1.807, 2.05) is 24.3 Å². The molecule has 0 aliphatic rings. The molecular formula is C19H21F3O. The fourth-order valence-corrected chi connectivity index (χ4v) is 2.34. The summed E-state index contributed by atoms with van der Waals surface area (Å²) in [4.78, 5) is 0. The summed E-state index contributed by atoms with van der Waals surface area (Å²) in [5.74, 6) is 0.736. The Bertz CT molecular complexity index is 645. The first-order valence-corrected chi connectivity index (χ1v) is 7.70. The quantitative estimate of drug-likeness (QED) is 0.645. The van der Waals surface area contributed by atoms with Crippen molar-refractivity contribution >= 4 is 0 Å². The molecule has 0 heterocycles. The summed E-state index contributed by atoms with van der Waals surface area (Å²) in [7, 11) is 0. The van der Waals surface area contributed by atoms with Crippen LogP contribution >= 0.6 is 0 Å². The molecule has 1 unspecified atom stereocenters. The number of ether oxygens (including phenoxy) is 1. The molecule has 0 saturated carbocycles. The zero-order valence-corrected chi connectivity index (χ0v) is 13.6. The second-order valence-electron chi connectivity index (χ2n) is 5.87. The number of rotatable bonds is 5. The van der Waals surface area contributed by atoms with Gasteiger partial charge in [-0.15, -0.1) is 0 Å². The second-order valence-corrected chi connectivity index (χ2v) is 5.87. The maximum atomic E-state index is 12.8. The van der Waals surface area contributed by atoms with Gasteiger partial charge < -0.3 is 4.74 Å². The summed E-state index contributed by atoms with van der Waals surface area (Å²) in [5.41, 5.74) is 2.04. The van der Waals surface area contributed by atoms with Crippen LogP contribution in [0.15, 0.2) is 42.5 Å². The van der Waals surface area contributed by atoms with E-state index >= 15 is 0 Å². The van der Waals surface area contributed by atoms with Gasteiger partial charge in [0.1, 0.15) is 12.4 Å². The highest BCUT2D eigenvalue weighted by molar-refractivity contribution is 5.35.